The minimum Gasteiger partial charge on any atom is -0.493 e. The lowest BCUT2D eigenvalue weighted by Gasteiger charge is -2.18. The fraction of sp³-hybridized carbons (Fsp3) is 0.259. The highest BCUT2D eigenvalue weighted by Crippen LogP contribution is 2.34. The van der Waals surface area contributed by atoms with Gasteiger partial charge < -0.3 is 14.8 Å². The lowest BCUT2D eigenvalue weighted by molar-refractivity contribution is 0.281. The van der Waals surface area contributed by atoms with Crippen LogP contribution < -0.4 is 14.8 Å². The summed E-state index contributed by atoms with van der Waals surface area (Å²) in [6, 6.07) is 19.1. The SMILES string of the molecule is C=CCc1cc(CNc2ccc(C)cc2C)cc(OC)c1OCc1ccc(C)cc1. The average Bonchev–Trinajstić information content (AvgIpc) is 2.73. The minimum absolute atomic E-state index is 0.501. The van der Waals surface area contributed by atoms with Gasteiger partial charge in [-0.2, -0.15) is 0 Å². The van der Waals surface area contributed by atoms with Crippen LogP contribution in [0.4, 0.5) is 5.69 Å². The smallest absolute Gasteiger partial charge is 0.165 e. The summed E-state index contributed by atoms with van der Waals surface area (Å²) in [5.41, 5.74) is 8.25. The Morgan fingerprint density at radius 3 is 2.30 bits per heavy atom. The summed E-state index contributed by atoms with van der Waals surface area (Å²) in [6.07, 6.45) is 2.62. The van der Waals surface area contributed by atoms with E-state index in [2.05, 4.69) is 81.2 Å². The first-order chi connectivity index (χ1) is 14.5. The summed E-state index contributed by atoms with van der Waals surface area (Å²) in [7, 11) is 1.69. The molecule has 0 fully saturated rings. The molecular formula is C27H31NO2. The largest absolute Gasteiger partial charge is 0.493 e. The fourth-order valence-electron chi connectivity index (χ4n) is 3.50. The molecule has 3 rings (SSSR count). The quantitative estimate of drug-likeness (QED) is 0.413. The maximum Gasteiger partial charge on any atom is 0.165 e. The van der Waals surface area contributed by atoms with Crippen LogP contribution in [-0.2, 0) is 19.6 Å². The molecule has 0 aliphatic carbocycles. The van der Waals surface area contributed by atoms with Gasteiger partial charge in [-0.25, -0.2) is 0 Å². The summed E-state index contributed by atoms with van der Waals surface area (Å²) in [5, 5.41) is 3.54. The van der Waals surface area contributed by atoms with Crippen LogP contribution in [0, 0.1) is 20.8 Å². The van der Waals surface area contributed by atoms with E-state index in [0.717, 1.165) is 40.3 Å². The van der Waals surface area contributed by atoms with E-state index in [1.807, 2.05) is 12.1 Å². The number of benzene rings is 3. The van der Waals surface area contributed by atoms with Crippen molar-refractivity contribution in [2.24, 2.45) is 0 Å². The van der Waals surface area contributed by atoms with Crippen LogP contribution >= 0.6 is 0 Å². The van der Waals surface area contributed by atoms with Crippen molar-refractivity contribution in [2.45, 2.75) is 40.3 Å². The molecule has 0 spiro atoms. The van der Waals surface area contributed by atoms with E-state index in [9.17, 15) is 0 Å². The van der Waals surface area contributed by atoms with Crippen LogP contribution in [0.1, 0.15) is 33.4 Å². The molecule has 3 heteroatoms. The Morgan fingerprint density at radius 1 is 0.900 bits per heavy atom. The highest BCUT2D eigenvalue weighted by molar-refractivity contribution is 5.54. The van der Waals surface area contributed by atoms with Crippen LogP contribution in [-0.4, -0.2) is 7.11 Å². The van der Waals surface area contributed by atoms with Gasteiger partial charge in [-0.3, -0.25) is 0 Å². The summed E-state index contributed by atoms with van der Waals surface area (Å²) in [4.78, 5) is 0. The number of allylic oxidation sites excluding steroid dienone is 1. The van der Waals surface area contributed by atoms with Gasteiger partial charge in [0, 0.05) is 17.8 Å². The summed E-state index contributed by atoms with van der Waals surface area (Å²) < 4.78 is 11.9. The topological polar surface area (TPSA) is 30.5 Å². The van der Waals surface area contributed by atoms with Crippen LogP contribution in [0.15, 0.2) is 67.3 Å². The highest BCUT2D eigenvalue weighted by Gasteiger charge is 2.13. The highest BCUT2D eigenvalue weighted by atomic mass is 16.5. The summed E-state index contributed by atoms with van der Waals surface area (Å²) >= 11 is 0. The van der Waals surface area contributed by atoms with E-state index in [1.165, 1.54) is 16.7 Å². The molecule has 0 saturated carbocycles. The molecule has 156 valence electrons. The normalized spacial score (nSPS) is 10.5. The van der Waals surface area contributed by atoms with E-state index in [-0.39, 0.29) is 0 Å². The molecule has 0 aliphatic heterocycles. The predicted molar refractivity (Wildman–Crippen MR) is 126 cm³/mol. The van der Waals surface area contributed by atoms with Gasteiger partial charge in [0.05, 0.1) is 7.11 Å². The maximum absolute atomic E-state index is 6.19. The molecule has 3 nitrogen and oxygen atoms in total. The second-order valence-electron chi connectivity index (χ2n) is 7.73. The average molecular weight is 402 g/mol. The number of aryl methyl sites for hydroxylation is 3. The number of ether oxygens (including phenoxy) is 2. The zero-order valence-corrected chi connectivity index (χ0v) is 18.4. The van der Waals surface area contributed by atoms with E-state index < -0.39 is 0 Å². The zero-order valence-electron chi connectivity index (χ0n) is 18.4. The van der Waals surface area contributed by atoms with E-state index in [4.69, 9.17) is 9.47 Å². The zero-order chi connectivity index (χ0) is 21.5. The molecule has 0 aliphatic rings. The van der Waals surface area contributed by atoms with Crippen LogP contribution in [0.3, 0.4) is 0 Å². The van der Waals surface area contributed by atoms with Crippen molar-refractivity contribution in [3.63, 3.8) is 0 Å². The van der Waals surface area contributed by atoms with Crippen molar-refractivity contribution in [1.82, 2.24) is 0 Å². The van der Waals surface area contributed by atoms with Crippen molar-refractivity contribution < 1.29 is 9.47 Å². The first kappa shape index (κ1) is 21.5. The molecule has 0 unspecified atom stereocenters. The lowest BCUT2D eigenvalue weighted by Crippen LogP contribution is -2.05. The van der Waals surface area contributed by atoms with Gasteiger partial charge >= 0.3 is 0 Å². The Hall–Kier alpha value is -3.20. The molecule has 0 bridgehead atoms. The molecule has 0 saturated heterocycles. The van der Waals surface area contributed by atoms with Gasteiger partial charge in [0.1, 0.15) is 6.61 Å². The van der Waals surface area contributed by atoms with Gasteiger partial charge in [-0.1, -0.05) is 53.6 Å². The molecule has 0 heterocycles. The molecule has 0 aromatic heterocycles. The van der Waals surface area contributed by atoms with Crippen molar-refractivity contribution in [1.29, 1.82) is 0 Å². The first-order valence-electron chi connectivity index (χ1n) is 10.3. The Balaban J connectivity index is 1.81. The fourth-order valence-corrected chi connectivity index (χ4v) is 3.50. The number of methoxy groups -OCH3 is 1. The number of anilines is 1. The second-order valence-corrected chi connectivity index (χ2v) is 7.73. The van der Waals surface area contributed by atoms with Crippen LogP contribution in [0.25, 0.3) is 0 Å². The van der Waals surface area contributed by atoms with E-state index >= 15 is 0 Å². The van der Waals surface area contributed by atoms with Crippen LogP contribution in [0.5, 0.6) is 11.5 Å². The predicted octanol–water partition coefficient (Wildman–Crippen LogP) is 6.54. The minimum atomic E-state index is 0.501. The number of hydrogen-bond acceptors (Lipinski definition) is 3. The van der Waals surface area contributed by atoms with Crippen molar-refractivity contribution in [3.05, 3.63) is 101 Å². The standard InChI is InChI=1S/C27H31NO2/c1-6-7-24-15-23(17-28-25-13-10-20(3)14-21(25)4)16-26(29-5)27(24)30-18-22-11-8-19(2)9-12-22/h6,8-16,28H,1,7,17-18H2,2-5H3. The van der Waals surface area contributed by atoms with Gasteiger partial charge in [0.25, 0.3) is 0 Å². The molecule has 1 N–H and O–H groups in total. The second kappa shape index (κ2) is 10.0. The first-order valence-corrected chi connectivity index (χ1v) is 10.3. The summed E-state index contributed by atoms with van der Waals surface area (Å²) in [6.45, 7) is 11.4. The Kier molecular flexibility index (Phi) is 7.18. The van der Waals surface area contributed by atoms with E-state index in [0.29, 0.717) is 13.2 Å². The van der Waals surface area contributed by atoms with Gasteiger partial charge in [0.15, 0.2) is 11.5 Å². The van der Waals surface area contributed by atoms with Crippen molar-refractivity contribution >= 4 is 5.69 Å². The molecule has 3 aromatic carbocycles. The van der Waals surface area contributed by atoms with Gasteiger partial charge in [-0.05, 0) is 62.1 Å². The lowest BCUT2D eigenvalue weighted by atomic mass is 10.0. The third-order valence-corrected chi connectivity index (χ3v) is 5.14. The maximum atomic E-state index is 6.19. The van der Waals surface area contributed by atoms with E-state index in [1.54, 1.807) is 7.11 Å². The Morgan fingerprint density at radius 2 is 1.63 bits per heavy atom. The Labute approximate surface area is 180 Å². The molecule has 0 radical (unpaired) electrons. The molecular weight excluding hydrogens is 370 g/mol. The molecule has 3 aromatic rings. The monoisotopic (exact) mass is 401 g/mol. The van der Waals surface area contributed by atoms with Gasteiger partial charge in [0.2, 0.25) is 0 Å². The van der Waals surface area contributed by atoms with Crippen molar-refractivity contribution in [3.8, 4) is 11.5 Å². The third kappa shape index (κ3) is 5.44. The van der Waals surface area contributed by atoms with Gasteiger partial charge in [-0.15, -0.1) is 6.58 Å². The number of rotatable bonds is 9. The summed E-state index contributed by atoms with van der Waals surface area (Å²) in [5.74, 6) is 1.53. The molecule has 0 amide bonds. The molecule has 0 atom stereocenters. The number of nitrogens with one attached hydrogen (secondary N) is 1. The van der Waals surface area contributed by atoms with Crippen molar-refractivity contribution in [2.75, 3.05) is 12.4 Å². The number of hydrogen-bond donors (Lipinski definition) is 1. The van der Waals surface area contributed by atoms with Crippen LogP contribution in [0.2, 0.25) is 0 Å². The third-order valence-electron chi connectivity index (χ3n) is 5.14. The molecule has 30 heavy (non-hydrogen) atoms. The Bertz CT molecular complexity index is 1010.